The molecule has 0 aromatic carbocycles. The summed E-state index contributed by atoms with van der Waals surface area (Å²) in [6, 6.07) is 0.200. The molecular formula is C33H61NO3Si2. The van der Waals surface area contributed by atoms with Gasteiger partial charge in [0.2, 0.25) is 5.91 Å². The molecule has 0 aromatic rings. The van der Waals surface area contributed by atoms with Crippen molar-refractivity contribution < 1.29 is 14.0 Å². The number of rotatable bonds is 5. The van der Waals surface area contributed by atoms with Gasteiger partial charge in [0.05, 0.1) is 6.10 Å². The van der Waals surface area contributed by atoms with Crippen LogP contribution in [0.2, 0.25) is 36.3 Å². The monoisotopic (exact) mass is 575 g/mol. The zero-order valence-corrected chi connectivity index (χ0v) is 29.8. The van der Waals surface area contributed by atoms with Crippen LogP contribution in [0.25, 0.3) is 0 Å². The Morgan fingerprint density at radius 3 is 2.05 bits per heavy atom. The molecule has 1 amide bonds. The van der Waals surface area contributed by atoms with Crippen molar-refractivity contribution in [2.45, 2.75) is 162 Å². The average Bonchev–Trinajstić information content (AvgIpc) is 3.12. The minimum Gasteiger partial charge on any atom is -0.413 e. The van der Waals surface area contributed by atoms with Crippen molar-refractivity contribution in [1.29, 1.82) is 0 Å². The van der Waals surface area contributed by atoms with Crippen molar-refractivity contribution >= 4 is 28.2 Å². The topological polar surface area (TPSA) is 46.6 Å². The molecule has 0 spiro atoms. The number of carbonyl (C=O) groups excluding carboxylic acids is 2. The number of carbonyl (C=O) groups is 2. The van der Waals surface area contributed by atoms with Gasteiger partial charge >= 0.3 is 0 Å². The van der Waals surface area contributed by atoms with Crippen LogP contribution < -0.4 is 0 Å². The van der Waals surface area contributed by atoms with Crippen LogP contribution in [-0.2, 0) is 14.0 Å². The first-order chi connectivity index (χ1) is 17.6. The van der Waals surface area contributed by atoms with E-state index in [2.05, 4.69) is 93.1 Å². The van der Waals surface area contributed by atoms with E-state index in [1.165, 1.54) is 19.3 Å². The van der Waals surface area contributed by atoms with Gasteiger partial charge in [-0.3, -0.25) is 9.59 Å². The summed E-state index contributed by atoms with van der Waals surface area (Å²) in [5, 5.41) is 0.291. The number of piperidine rings is 1. The van der Waals surface area contributed by atoms with E-state index in [1.807, 2.05) is 0 Å². The SMILES string of the molecule is CCC(=O)C1CC2N([Si](C)(C)C(C)(C)C)C(=O)CC[C@]2(C)[C@@H]2CC[C@]3(C)C(O[Si](C)(C)C(C)(C)C)CC[C@H]3[C@H]12. The summed E-state index contributed by atoms with van der Waals surface area (Å²) in [5.74, 6) is 2.37. The van der Waals surface area contributed by atoms with Crippen LogP contribution in [0.4, 0.5) is 0 Å². The van der Waals surface area contributed by atoms with E-state index < -0.39 is 16.6 Å². The Bertz CT molecular complexity index is 978. The van der Waals surface area contributed by atoms with Gasteiger partial charge in [0, 0.05) is 24.8 Å². The lowest BCUT2D eigenvalue weighted by Crippen LogP contribution is -2.71. The fourth-order valence-electron chi connectivity index (χ4n) is 9.21. The van der Waals surface area contributed by atoms with Gasteiger partial charge in [-0.25, -0.2) is 0 Å². The summed E-state index contributed by atoms with van der Waals surface area (Å²) in [6.45, 7) is 30.7. The molecule has 8 atom stereocenters. The summed E-state index contributed by atoms with van der Waals surface area (Å²) in [5.41, 5.74) is 0.244. The van der Waals surface area contributed by atoms with Gasteiger partial charge in [0.15, 0.2) is 16.6 Å². The van der Waals surface area contributed by atoms with Crippen LogP contribution in [0.15, 0.2) is 0 Å². The highest BCUT2D eigenvalue weighted by atomic mass is 28.4. The van der Waals surface area contributed by atoms with E-state index in [0.29, 0.717) is 48.4 Å². The van der Waals surface area contributed by atoms with Gasteiger partial charge in [-0.05, 0) is 90.3 Å². The third-order valence-corrected chi connectivity index (χ3v) is 23.6. The largest absolute Gasteiger partial charge is 0.413 e. The maximum Gasteiger partial charge on any atom is 0.214 e. The Morgan fingerprint density at radius 2 is 1.51 bits per heavy atom. The molecular weight excluding hydrogens is 515 g/mol. The van der Waals surface area contributed by atoms with Crippen LogP contribution in [0.5, 0.6) is 0 Å². The zero-order chi connectivity index (χ0) is 29.6. The molecule has 3 unspecified atom stereocenters. The molecule has 0 N–H and O–H groups in total. The second-order valence-electron chi connectivity index (χ2n) is 17.5. The van der Waals surface area contributed by atoms with Crippen molar-refractivity contribution in [3.8, 4) is 0 Å². The first-order valence-electron chi connectivity index (χ1n) is 16.2. The van der Waals surface area contributed by atoms with Gasteiger partial charge in [-0.15, -0.1) is 0 Å². The lowest BCUT2D eigenvalue weighted by Gasteiger charge is -2.66. The van der Waals surface area contributed by atoms with Crippen LogP contribution in [0.3, 0.4) is 0 Å². The molecule has 1 aliphatic heterocycles. The highest BCUT2D eigenvalue weighted by Gasteiger charge is 2.66. The maximum absolute atomic E-state index is 13.9. The van der Waals surface area contributed by atoms with E-state index in [-0.39, 0.29) is 32.9 Å². The van der Waals surface area contributed by atoms with E-state index in [4.69, 9.17) is 4.43 Å². The van der Waals surface area contributed by atoms with Crippen molar-refractivity contribution in [2.75, 3.05) is 0 Å². The van der Waals surface area contributed by atoms with Crippen LogP contribution in [0, 0.1) is 34.5 Å². The Hall–Kier alpha value is -0.466. The van der Waals surface area contributed by atoms with Crippen molar-refractivity contribution in [3.05, 3.63) is 0 Å². The van der Waals surface area contributed by atoms with Gasteiger partial charge in [0.1, 0.15) is 5.78 Å². The average molecular weight is 576 g/mol. The highest BCUT2D eigenvalue weighted by Crippen LogP contribution is 2.67. The number of nitrogens with zero attached hydrogens (tertiary/aromatic N) is 1. The molecule has 39 heavy (non-hydrogen) atoms. The third kappa shape index (κ3) is 4.78. The molecule has 4 nitrogen and oxygen atoms in total. The molecule has 4 fully saturated rings. The number of hydrogen-bond acceptors (Lipinski definition) is 3. The molecule has 224 valence electrons. The molecule has 3 aliphatic carbocycles. The summed E-state index contributed by atoms with van der Waals surface area (Å²) in [6.07, 6.45) is 8.16. The molecule has 0 radical (unpaired) electrons. The fraction of sp³-hybridized carbons (Fsp3) is 0.939. The molecule has 3 saturated carbocycles. The minimum absolute atomic E-state index is 0.0764. The van der Waals surface area contributed by atoms with Crippen LogP contribution >= 0.6 is 0 Å². The van der Waals surface area contributed by atoms with Gasteiger partial charge in [0.25, 0.3) is 0 Å². The fourth-order valence-corrected chi connectivity index (χ4v) is 13.3. The molecule has 4 rings (SSSR count). The number of ketones is 1. The number of amides is 1. The second-order valence-corrected chi connectivity index (χ2v) is 27.4. The molecule has 1 saturated heterocycles. The van der Waals surface area contributed by atoms with E-state index >= 15 is 0 Å². The number of fused-ring (bicyclic) bond motifs is 5. The van der Waals surface area contributed by atoms with Gasteiger partial charge in [-0.2, -0.15) is 0 Å². The second kappa shape index (κ2) is 9.79. The maximum atomic E-state index is 13.9. The molecule has 6 heteroatoms. The standard InChI is InChI=1S/C33H61NO3Si2/c1-14-25(35)22-21-26-32(8,20-18-28(36)34(26)38(10,11)30(2,3)4)24-17-19-33(9)23(29(22)24)15-16-27(33)37-39(12,13)31(5,6)7/h22-24,26-27,29H,14-21H2,1-13H3/t22?,23-,24+,26?,27?,29-,32+,33-/m0/s1. The van der Waals surface area contributed by atoms with Gasteiger partial charge in [-0.1, -0.05) is 75.4 Å². The number of hydrogen-bond donors (Lipinski definition) is 0. The molecule has 1 heterocycles. The predicted octanol–water partition coefficient (Wildman–Crippen LogP) is 8.82. The number of Topliss-reactive ketones (excluding diaryl/α,β-unsaturated/α-hetero) is 1. The minimum atomic E-state index is -2.09. The lowest BCUT2D eigenvalue weighted by atomic mass is 9.44. The predicted molar refractivity (Wildman–Crippen MR) is 168 cm³/mol. The van der Waals surface area contributed by atoms with E-state index in [1.54, 1.807) is 0 Å². The molecule has 4 aliphatic rings. The van der Waals surface area contributed by atoms with Crippen molar-refractivity contribution in [2.24, 2.45) is 34.5 Å². The first kappa shape index (κ1) is 31.5. The summed E-state index contributed by atoms with van der Waals surface area (Å²) >= 11 is 0. The smallest absolute Gasteiger partial charge is 0.214 e. The summed E-state index contributed by atoms with van der Waals surface area (Å²) in [4.78, 5) is 27.6. The summed E-state index contributed by atoms with van der Waals surface area (Å²) < 4.78 is 9.61. The van der Waals surface area contributed by atoms with Crippen molar-refractivity contribution in [1.82, 2.24) is 4.57 Å². The normalized spacial score (nSPS) is 39.7. The Balaban J connectivity index is 1.75. The quantitative estimate of drug-likeness (QED) is 0.308. The summed E-state index contributed by atoms with van der Waals surface area (Å²) in [7, 11) is -3.98. The zero-order valence-electron chi connectivity index (χ0n) is 27.8. The third-order valence-electron chi connectivity index (χ3n) is 13.7. The first-order valence-corrected chi connectivity index (χ1v) is 22.0. The Kier molecular flexibility index (Phi) is 7.90. The molecule has 0 bridgehead atoms. The lowest BCUT2D eigenvalue weighted by molar-refractivity contribution is -0.169. The van der Waals surface area contributed by atoms with Crippen LogP contribution in [-0.4, -0.2) is 45.0 Å². The van der Waals surface area contributed by atoms with E-state index in [0.717, 1.165) is 19.3 Å². The van der Waals surface area contributed by atoms with Crippen LogP contribution in [0.1, 0.15) is 114 Å². The highest BCUT2D eigenvalue weighted by molar-refractivity contribution is 6.79. The van der Waals surface area contributed by atoms with Gasteiger partial charge < -0.3 is 8.99 Å². The Labute approximate surface area is 243 Å². The van der Waals surface area contributed by atoms with E-state index in [9.17, 15) is 9.59 Å². The molecule has 0 aromatic heterocycles. The Morgan fingerprint density at radius 1 is 0.923 bits per heavy atom. The van der Waals surface area contributed by atoms with Crippen molar-refractivity contribution in [3.63, 3.8) is 0 Å².